The van der Waals surface area contributed by atoms with E-state index < -0.39 is 0 Å². The highest BCUT2D eigenvalue weighted by Gasteiger charge is 2.25. The van der Waals surface area contributed by atoms with Gasteiger partial charge in [0.1, 0.15) is 0 Å². The molecule has 0 radical (unpaired) electrons. The van der Waals surface area contributed by atoms with Gasteiger partial charge < -0.3 is 15.4 Å². The third-order valence-electron chi connectivity index (χ3n) is 2.80. The number of nitrogens with zero attached hydrogens (tertiary/aromatic N) is 1. The second-order valence-electron chi connectivity index (χ2n) is 4.24. The first-order valence-corrected chi connectivity index (χ1v) is 6.18. The molecule has 3 nitrogen and oxygen atoms in total. The molecular weight excluding hydrogens is 208 g/mol. The zero-order chi connectivity index (χ0) is 10.7. The zero-order valence-corrected chi connectivity index (χ0v) is 9.87. The Hall–Kier alpha value is -0.420. The van der Waals surface area contributed by atoms with Gasteiger partial charge >= 0.3 is 0 Å². The summed E-state index contributed by atoms with van der Waals surface area (Å²) in [5.41, 5.74) is 5.95. The maximum Gasteiger partial charge on any atom is 0.0621 e. The third kappa shape index (κ3) is 3.01. The fraction of sp³-hybridized carbons (Fsp3) is 0.636. The van der Waals surface area contributed by atoms with E-state index >= 15 is 0 Å². The first-order valence-electron chi connectivity index (χ1n) is 5.30. The minimum absolute atomic E-state index is 0.218. The van der Waals surface area contributed by atoms with Crippen molar-refractivity contribution in [3.05, 3.63) is 22.4 Å². The van der Waals surface area contributed by atoms with E-state index in [-0.39, 0.29) is 6.04 Å². The van der Waals surface area contributed by atoms with Gasteiger partial charge in [-0.25, -0.2) is 0 Å². The molecule has 1 aliphatic rings. The van der Waals surface area contributed by atoms with E-state index in [0.717, 1.165) is 26.3 Å². The summed E-state index contributed by atoms with van der Waals surface area (Å²) < 4.78 is 5.36. The van der Waals surface area contributed by atoms with Gasteiger partial charge in [-0.05, 0) is 18.5 Å². The number of rotatable bonds is 4. The molecule has 2 unspecified atom stereocenters. The monoisotopic (exact) mass is 226 g/mol. The Labute approximate surface area is 94.8 Å². The van der Waals surface area contributed by atoms with Gasteiger partial charge in [0.05, 0.1) is 13.2 Å². The van der Waals surface area contributed by atoms with Gasteiger partial charge in [-0.3, -0.25) is 0 Å². The van der Waals surface area contributed by atoms with E-state index in [1.807, 2.05) is 0 Å². The predicted octanol–water partition coefficient (Wildman–Crippen LogP) is 1.15. The minimum Gasteiger partial charge on any atom is -0.379 e. The van der Waals surface area contributed by atoms with Crippen LogP contribution in [-0.4, -0.2) is 37.7 Å². The van der Waals surface area contributed by atoms with Crippen molar-refractivity contribution in [2.24, 2.45) is 11.7 Å². The van der Waals surface area contributed by atoms with E-state index in [2.05, 4.69) is 29.5 Å². The summed E-state index contributed by atoms with van der Waals surface area (Å²) in [6.45, 7) is 3.58. The van der Waals surface area contributed by atoms with E-state index in [0.29, 0.717) is 5.92 Å². The first-order chi connectivity index (χ1) is 7.25. The lowest BCUT2D eigenvalue weighted by molar-refractivity contribution is 0.173. The third-order valence-corrected chi connectivity index (χ3v) is 3.66. The smallest absolute Gasteiger partial charge is 0.0621 e. The van der Waals surface area contributed by atoms with Crippen molar-refractivity contribution in [1.82, 2.24) is 4.90 Å². The molecule has 0 amide bonds. The van der Waals surface area contributed by atoms with Crippen LogP contribution >= 0.6 is 11.3 Å². The molecule has 1 aliphatic heterocycles. The largest absolute Gasteiger partial charge is 0.379 e. The number of thiophene rings is 1. The van der Waals surface area contributed by atoms with Crippen LogP contribution in [0.5, 0.6) is 0 Å². The van der Waals surface area contributed by atoms with Gasteiger partial charge in [-0.2, -0.15) is 0 Å². The number of ether oxygens (including phenoxy) is 1. The molecule has 2 N–H and O–H groups in total. The molecule has 1 saturated heterocycles. The summed E-state index contributed by atoms with van der Waals surface area (Å²) in [5.74, 6) is 0.495. The van der Waals surface area contributed by atoms with Crippen LogP contribution in [0.15, 0.2) is 17.5 Å². The van der Waals surface area contributed by atoms with E-state index in [4.69, 9.17) is 10.5 Å². The topological polar surface area (TPSA) is 38.5 Å². The highest BCUT2D eigenvalue weighted by molar-refractivity contribution is 7.09. The van der Waals surface area contributed by atoms with Gasteiger partial charge in [0.2, 0.25) is 0 Å². The van der Waals surface area contributed by atoms with E-state index in [1.165, 1.54) is 4.88 Å². The number of hydrogen-bond donors (Lipinski definition) is 1. The van der Waals surface area contributed by atoms with Crippen LogP contribution in [0.25, 0.3) is 0 Å². The molecule has 1 aromatic heterocycles. The van der Waals surface area contributed by atoms with E-state index in [9.17, 15) is 0 Å². The van der Waals surface area contributed by atoms with Gasteiger partial charge in [-0.15, -0.1) is 11.3 Å². The quantitative estimate of drug-likeness (QED) is 0.837. The normalized spacial score (nSPS) is 26.3. The van der Waals surface area contributed by atoms with Gasteiger partial charge in [0.25, 0.3) is 0 Å². The van der Waals surface area contributed by atoms with Crippen molar-refractivity contribution in [3.8, 4) is 0 Å². The van der Waals surface area contributed by atoms with Crippen molar-refractivity contribution in [3.63, 3.8) is 0 Å². The summed E-state index contributed by atoms with van der Waals surface area (Å²) in [4.78, 5) is 3.73. The molecule has 1 aromatic rings. The molecule has 84 valence electrons. The lowest BCUT2D eigenvalue weighted by Crippen LogP contribution is -2.36. The second-order valence-corrected chi connectivity index (χ2v) is 5.27. The van der Waals surface area contributed by atoms with Crippen LogP contribution in [0.4, 0.5) is 0 Å². The van der Waals surface area contributed by atoms with Crippen LogP contribution in [0.1, 0.15) is 4.88 Å². The first kappa shape index (κ1) is 11.1. The van der Waals surface area contributed by atoms with Crippen LogP contribution in [0.3, 0.4) is 0 Å². The molecule has 15 heavy (non-hydrogen) atoms. The summed E-state index contributed by atoms with van der Waals surface area (Å²) in [6.07, 6.45) is 0. The SMILES string of the molecule is CN(Cc1cccs1)CC1COCC1N. The fourth-order valence-electron chi connectivity index (χ4n) is 1.94. The number of nitrogens with two attached hydrogens (primary N) is 1. The maximum absolute atomic E-state index is 5.95. The Balaban J connectivity index is 1.79. The molecule has 2 rings (SSSR count). The van der Waals surface area contributed by atoms with E-state index in [1.54, 1.807) is 11.3 Å². The molecule has 0 saturated carbocycles. The van der Waals surface area contributed by atoms with Crippen molar-refractivity contribution in [2.45, 2.75) is 12.6 Å². The van der Waals surface area contributed by atoms with Crippen molar-refractivity contribution in [1.29, 1.82) is 0 Å². The van der Waals surface area contributed by atoms with Crippen LogP contribution in [-0.2, 0) is 11.3 Å². The summed E-state index contributed by atoms with van der Waals surface area (Å²) in [7, 11) is 2.14. The Morgan fingerprint density at radius 3 is 3.07 bits per heavy atom. The van der Waals surface area contributed by atoms with Crippen molar-refractivity contribution >= 4 is 11.3 Å². The summed E-state index contributed by atoms with van der Waals surface area (Å²) in [6, 6.07) is 4.49. The standard InChI is InChI=1S/C11H18N2OS/c1-13(6-10-3-2-4-15-10)5-9-7-14-8-11(9)12/h2-4,9,11H,5-8,12H2,1H3. The lowest BCUT2D eigenvalue weighted by Gasteiger charge is -2.21. The zero-order valence-electron chi connectivity index (χ0n) is 9.06. The Bertz CT molecular complexity index is 289. The predicted molar refractivity (Wildman–Crippen MR) is 62.9 cm³/mol. The highest BCUT2D eigenvalue weighted by atomic mass is 32.1. The van der Waals surface area contributed by atoms with Gasteiger partial charge in [0.15, 0.2) is 0 Å². The maximum atomic E-state index is 5.95. The minimum atomic E-state index is 0.218. The summed E-state index contributed by atoms with van der Waals surface area (Å²) in [5, 5.41) is 2.12. The number of hydrogen-bond acceptors (Lipinski definition) is 4. The van der Waals surface area contributed by atoms with Crippen LogP contribution < -0.4 is 5.73 Å². The molecule has 0 spiro atoms. The van der Waals surface area contributed by atoms with Crippen LogP contribution in [0, 0.1) is 5.92 Å². The molecule has 1 fully saturated rings. The summed E-state index contributed by atoms with van der Waals surface area (Å²) >= 11 is 1.81. The molecule has 0 bridgehead atoms. The lowest BCUT2D eigenvalue weighted by atomic mass is 10.0. The molecule has 0 aromatic carbocycles. The highest BCUT2D eigenvalue weighted by Crippen LogP contribution is 2.15. The molecule has 2 atom stereocenters. The molecule has 0 aliphatic carbocycles. The van der Waals surface area contributed by atoms with Crippen LogP contribution in [0.2, 0.25) is 0 Å². The molecule has 2 heterocycles. The Morgan fingerprint density at radius 1 is 1.60 bits per heavy atom. The fourth-order valence-corrected chi connectivity index (χ4v) is 2.72. The molecule has 4 heteroatoms. The average Bonchev–Trinajstić information content (AvgIpc) is 2.79. The Morgan fingerprint density at radius 2 is 2.47 bits per heavy atom. The van der Waals surface area contributed by atoms with Crippen molar-refractivity contribution < 1.29 is 4.74 Å². The Kier molecular flexibility index (Phi) is 3.75. The second kappa shape index (κ2) is 5.07. The van der Waals surface area contributed by atoms with Gasteiger partial charge in [-0.1, -0.05) is 6.07 Å². The van der Waals surface area contributed by atoms with Crippen molar-refractivity contribution in [2.75, 3.05) is 26.8 Å². The molecular formula is C11H18N2OS. The average molecular weight is 226 g/mol. The van der Waals surface area contributed by atoms with Gasteiger partial charge in [0, 0.05) is 29.9 Å².